The van der Waals surface area contributed by atoms with Crippen LogP contribution in [0.15, 0.2) is 42.7 Å². The Labute approximate surface area is 174 Å². The maximum atomic E-state index is 10.3. The summed E-state index contributed by atoms with van der Waals surface area (Å²) in [6.07, 6.45) is 7.81. The predicted molar refractivity (Wildman–Crippen MR) is 114 cm³/mol. The summed E-state index contributed by atoms with van der Waals surface area (Å²) in [4.78, 5) is 32.7. The number of rotatable bonds is 2. The van der Waals surface area contributed by atoms with Crippen molar-refractivity contribution in [1.29, 1.82) is 0 Å². The molecule has 0 spiro atoms. The average molecular weight is 412 g/mol. The average Bonchev–Trinajstić information content (AvgIpc) is 3.38. The van der Waals surface area contributed by atoms with Crippen molar-refractivity contribution < 1.29 is 14.3 Å². The number of thiophene rings is 1. The zero-order valence-electron chi connectivity index (χ0n) is 16.5. The summed E-state index contributed by atoms with van der Waals surface area (Å²) in [6.45, 7) is 2.90. The number of carbonyl (C=O) groups excluding carboxylic acids is 2. The van der Waals surface area contributed by atoms with Gasteiger partial charge in [-0.05, 0) is 37.7 Å². The first-order valence-corrected chi connectivity index (χ1v) is 10.7. The van der Waals surface area contributed by atoms with Gasteiger partial charge in [0.15, 0.2) is 0 Å². The van der Waals surface area contributed by atoms with E-state index in [4.69, 9.17) is 0 Å². The minimum Gasteiger partial charge on any atom is -0.447 e. The first-order valence-electron chi connectivity index (χ1n) is 9.87. The van der Waals surface area contributed by atoms with Gasteiger partial charge in [0, 0.05) is 10.3 Å². The van der Waals surface area contributed by atoms with Gasteiger partial charge < -0.3 is 4.74 Å². The summed E-state index contributed by atoms with van der Waals surface area (Å²) in [5.74, 6) is 0. The Morgan fingerprint density at radius 3 is 2.34 bits per heavy atom. The SMILES string of the molecule is CCc1ncnc2sc3c(c12)CCCC3.O=CN1CCOC1=O.c1ccccc1. The molecule has 7 heteroatoms. The van der Waals surface area contributed by atoms with E-state index in [0.717, 1.165) is 11.3 Å². The summed E-state index contributed by atoms with van der Waals surface area (Å²) >= 11 is 1.88. The summed E-state index contributed by atoms with van der Waals surface area (Å²) in [6, 6.07) is 12.0. The number of benzene rings is 1. The molecule has 2 aromatic heterocycles. The Morgan fingerprint density at radius 1 is 1.10 bits per heavy atom. The summed E-state index contributed by atoms with van der Waals surface area (Å²) in [5.41, 5.74) is 2.79. The molecule has 6 nitrogen and oxygen atoms in total. The first-order chi connectivity index (χ1) is 14.2. The van der Waals surface area contributed by atoms with Crippen LogP contribution >= 0.6 is 11.3 Å². The van der Waals surface area contributed by atoms with Crippen LogP contribution in [-0.4, -0.2) is 40.5 Å². The van der Waals surface area contributed by atoms with Crippen molar-refractivity contribution >= 4 is 34.1 Å². The minimum absolute atomic E-state index is 0.331. The zero-order chi connectivity index (χ0) is 20.5. The highest BCUT2D eigenvalue weighted by Crippen LogP contribution is 2.36. The lowest BCUT2D eigenvalue weighted by Gasteiger charge is -2.10. The number of carbonyl (C=O) groups is 2. The largest absolute Gasteiger partial charge is 0.447 e. The zero-order valence-corrected chi connectivity index (χ0v) is 17.4. The molecule has 1 fully saturated rings. The summed E-state index contributed by atoms with van der Waals surface area (Å²) < 4.78 is 4.41. The third kappa shape index (κ3) is 5.38. The second-order valence-electron chi connectivity index (χ2n) is 6.63. The highest BCUT2D eigenvalue weighted by Gasteiger charge is 2.20. The number of aryl methyl sites for hydroxylation is 3. The normalized spacial score (nSPS) is 14.8. The van der Waals surface area contributed by atoms with Gasteiger partial charge in [-0.1, -0.05) is 43.3 Å². The standard InChI is InChI=1S/C12H14N2S.C6H6.C4H5NO3/c1-2-9-11-8-5-3-4-6-10(8)15-12(11)14-7-13-9;1-2-4-6-5-3-1;6-3-5-1-2-8-4(5)7/h7H,2-6H2,1H3;1-6H;3H,1-2H2. The van der Waals surface area contributed by atoms with Crippen LogP contribution < -0.4 is 0 Å². The van der Waals surface area contributed by atoms with Gasteiger partial charge in [0.05, 0.1) is 12.2 Å². The van der Waals surface area contributed by atoms with Crippen molar-refractivity contribution in [2.75, 3.05) is 13.2 Å². The molecule has 0 atom stereocenters. The molecule has 0 radical (unpaired) electrons. The number of fused-ring (bicyclic) bond motifs is 3. The Morgan fingerprint density at radius 2 is 1.79 bits per heavy atom. The quantitative estimate of drug-likeness (QED) is 0.584. The van der Waals surface area contributed by atoms with Crippen LogP contribution in [0.4, 0.5) is 4.79 Å². The molecule has 0 saturated carbocycles. The Bertz CT molecular complexity index is 916. The highest BCUT2D eigenvalue weighted by atomic mass is 32.1. The van der Waals surface area contributed by atoms with Gasteiger partial charge in [-0.25, -0.2) is 19.7 Å². The molecule has 1 aliphatic carbocycles. The third-order valence-corrected chi connectivity index (χ3v) is 5.95. The molecule has 0 bridgehead atoms. The number of imide groups is 1. The predicted octanol–water partition coefficient (Wildman–Crippen LogP) is 4.41. The topological polar surface area (TPSA) is 72.4 Å². The molecule has 2 aliphatic rings. The molecule has 1 aromatic carbocycles. The van der Waals surface area contributed by atoms with Gasteiger partial charge in [0.2, 0.25) is 6.41 Å². The Balaban J connectivity index is 0.000000144. The fourth-order valence-electron chi connectivity index (χ4n) is 3.31. The van der Waals surface area contributed by atoms with E-state index in [2.05, 4.69) is 21.6 Å². The van der Waals surface area contributed by atoms with Gasteiger partial charge in [-0.3, -0.25) is 4.79 Å². The van der Waals surface area contributed by atoms with Crippen molar-refractivity contribution in [2.45, 2.75) is 39.0 Å². The van der Waals surface area contributed by atoms with Crippen LogP contribution in [0, 0.1) is 0 Å². The van der Waals surface area contributed by atoms with Crippen molar-refractivity contribution in [3.8, 4) is 0 Å². The second kappa shape index (κ2) is 10.7. The number of nitrogens with zero attached hydrogens (tertiary/aromatic N) is 3. The minimum atomic E-state index is -0.542. The lowest BCUT2D eigenvalue weighted by Crippen LogP contribution is -2.21. The van der Waals surface area contributed by atoms with Gasteiger partial charge in [-0.15, -0.1) is 11.3 Å². The monoisotopic (exact) mass is 411 g/mol. The lowest BCUT2D eigenvalue weighted by molar-refractivity contribution is -0.115. The number of aromatic nitrogens is 2. The lowest BCUT2D eigenvalue weighted by atomic mass is 9.96. The Hall–Kier alpha value is -2.80. The third-order valence-electron chi connectivity index (χ3n) is 4.75. The van der Waals surface area contributed by atoms with Gasteiger partial charge in [0.25, 0.3) is 0 Å². The number of hydrogen-bond acceptors (Lipinski definition) is 6. The Kier molecular flexibility index (Phi) is 7.69. The maximum absolute atomic E-state index is 10.3. The van der Waals surface area contributed by atoms with Gasteiger partial charge in [0.1, 0.15) is 17.8 Å². The van der Waals surface area contributed by atoms with Crippen molar-refractivity contribution in [1.82, 2.24) is 14.9 Å². The second-order valence-corrected chi connectivity index (χ2v) is 7.72. The smallest absolute Gasteiger partial charge is 0.416 e. The van der Waals surface area contributed by atoms with E-state index < -0.39 is 6.09 Å². The van der Waals surface area contributed by atoms with Gasteiger partial charge in [-0.2, -0.15) is 0 Å². The van der Waals surface area contributed by atoms with Crippen LogP contribution in [0.5, 0.6) is 0 Å². The number of hydrogen-bond donors (Lipinski definition) is 0. The van der Waals surface area contributed by atoms with Crippen LogP contribution in [0.2, 0.25) is 0 Å². The van der Waals surface area contributed by atoms with Gasteiger partial charge >= 0.3 is 6.09 Å². The maximum Gasteiger partial charge on any atom is 0.416 e. The molecule has 1 saturated heterocycles. The fraction of sp³-hybridized carbons (Fsp3) is 0.364. The van der Waals surface area contributed by atoms with Crippen LogP contribution in [0.1, 0.15) is 35.9 Å². The van der Waals surface area contributed by atoms with E-state index in [9.17, 15) is 9.59 Å². The van der Waals surface area contributed by atoms with E-state index in [1.165, 1.54) is 41.6 Å². The molecule has 0 unspecified atom stereocenters. The number of cyclic esters (lactones) is 1. The van der Waals surface area contributed by atoms with E-state index >= 15 is 0 Å². The molecule has 2 amide bonds. The summed E-state index contributed by atoms with van der Waals surface area (Å²) in [5, 5.41) is 1.37. The first kappa shape index (κ1) is 20.9. The molecule has 3 aromatic rings. The van der Waals surface area contributed by atoms with E-state index in [0.29, 0.717) is 19.6 Å². The van der Waals surface area contributed by atoms with Crippen molar-refractivity contribution in [3.05, 3.63) is 58.9 Å². The highest BCUT2D eigenvalue weighted by molar-refractivity contribution is 7.18. The van der Waals surface area contributed by atoms with Crippen molar-refractivity contribution in [2.24, 2.45) is 0 Å². The van der Waals surface area contributed by atoms with E-state index in [-0.39, 0.29) is 0 Å². The van der Waals surface area contributed by atoms with E-state index in [1.807, 2.05) is 47.7 Å². The fourth-order valence-corrected chi connectivity index (χ4v) is 4.56. The molecule has 0 N–H and O–H groups in total. The molecule has 1 aliphatic heterocycles. The van der Waals surface area contributed by atoms with E-state index in [1.54, 1.807) is 16.8 Å². The molecule has 5 rings (SSSR count). The molecule has 29 heavy (non-hydrogen) atoms. The van der Waals surface area contributed by atoms with Crippen molar-refractivity contribution in [3.63, 3.8) is 0 Å². The number of amides is 2. The van der Waals surface area contributed by atoms with Crippen LogP contribution in [0.25, 0.3) is 10.2 Å². The molecular formula is C22H25N3O3S. The number of ether oxygens (including phenoxy) is 1. The molecular weight excluding hydrogens is 386 g/mol. The van der Waals surface area contributed by atoms with Crippen LogP contribution in [0.3, 0.4) is 0 Å². The summed E-state index contributed by atoms with van der Waals surface area (Å²) in [7, 11) is 0. The molecule has 3 heterocycles. The molecule has 152 valence electrons. The van der Waals surface area contributed by atoms with Crippen LogP contribution in [-0.2, 0) is 28.8 Å².